The first-order valence-corrected chi connectivity index (χ1v) is 6.54. The van der Waals surface area contributed by atoms with Crippen LogP contribution in [0.4, 0.5) is 5.69 Å². The molecule has 0 atom stereocenters. The predicted molar refractivity (Wildman–Crippen MR) is 78.4 cm³/mol. The Morgan fingerprint density at radius 2 is 2.09 bits per heavy atom. The van der Waals surface area contributed by atoms with Crippen LogP contribution in [-0.4, -0.2) is 25.6 Å². The molecule has 2 N–H and O–H groups in total. The Kier molecular flexibility index (Phi) is 3.59. The molecular weight excluding hydrogens is 302 g/mol. The van der Waals surface area contributed by atoms with Crippen LogP contribution >= 0.6 is 0 Å². The molecule has 0 bridgehead atoms. The van der Waals surface area contributed by atoms with Crippen LogP contribution in [0.25, 0.3) is 11.5 Å². The topological polar surface area (TPSA) is 130 Å². The first-order valence-electron chi connectivity index (χ1n) is 6.54. The lowest BCUT2D eigenvalue weighted by molar-refractivity contribution is -0.384. The highest BCUT2D eigenvalue weighted by atomic mass is 16.6. The maximum atomic E-state index is 11.0. The molecule has 1 aromatic carbocycles. The fourth-order valence-corrected chi connectivity index (χ4v) is 1.98. The van der Waals surface area contributed by atoms with E-state index in [9.17, 15) is 14.9 Å². The van der Waals surface area contributed by atoms with Crippen molar-refractivity contribution >= 4 is 11.6 Å². The number of non-ortho nitro benzene ring substituents is 1. The van der Waals surface area contributed by atoms with Gasteiger partial charge in [0.25, 0.3) is 11.6 Å². The summed E-state index contributed by atoms with van der Waals surface area (Å²) in [6.45, 7) is 0.309. The molecule has 0 radical (unpaired) electrons. The summed E-state index contributed by atoms with van der Waals surface area (Å²) in [6, 6.07) is 5.89. The largest absolute Gasteiger partial charge is 0.444 e. The second-order valence-corrected chi connectivity index (χ2v) is 4.74. The van der Waals surface area contributed by atoms with Crippen molar-refractivity contribution in [1.82, 2.24) is 14.8 Å². The second-order valence-electron chi connectivity index (χ2n) is 4.74. The van der Waals surface area contributed by atoms with Gasteiger partial charge in [-0.3, -0.25) is 19.6 Å². The standard InChI is InChI=1S/C14H11N5O4/c15-13(20)10-5-16-18(6-10)7-11-8-23-14(17-11)9-1-3-12(4-2-9)19(21)22/h1-6,8H,7H2,(H2,15,20). The lowest BCUT2D eigenvalue weighted by atomic mass is 10.2. The van der Waals surface area contributed by atoms with E-state index in [1.165, 1.54) is 35.5 Å². The van der Waals surface area contributed by atoms with Gasteiger partial charge in [-0.15, -0.1) is 0 Å². The minimum absolute atomic E-state index is 0.00366. The number of carbonyl (C=O) groups is 1. The zero-order valence-electron chi connectivity index (χ0n) is 11.7. The Morgan fingerprint density at radius 1 is 1.35 bits per heavy atom. The molecule has 0 aliphatic carbocycles. The van der Waals surface area contributed by atoms with Crippen molar-refractivity contribution in [1.29, 1.82) is 0 Å². The number of amides is 1. The van der Waals surface area contributed by atoms with Gasteiger partial charge in [-0.2, -0.15) is 5.10 Å². The Hall–Kier alpha value is -3.49. The molecule has 116 valence electrons. The summed E-state index contributed by atoms with van der Waals surface area (Å²) < 4.78 is 6.88. The zero-order valence-corrected chi connectivity index (χ0v) is 11.7. The van der Waals surface area contributed by atoms with Crippen LogP contribution in [0.1, 0.15) is 16.1 Å². The number of hydrogen-bond acceptors (Lipinski definition) is 6. The van der Waals surface area contributed by atoms with Crippen molar-refractivity contribution < 1.29 is 14.1 Å². The number of nitro benzene ring substituents is 1. The number of primary amides is 1. The van der Waals surface area contributed by atoms with Gasteiger partial charge in [-0.1, -0.05) is 0 Å². The van der Waals surface area contributed by atoms with Crippen molar-refractivity contribution in [3.63, 3.8) is 0 Å². The molecule has 23 heavy (non-hydrogen) atoms. The summed E-state index contributed by atoms with van der Waals surface area (Å²) in [4.78, 5) is 25.5. The molecule has 0 aliphatic heterocycles. The van der Waals surface area contributed by atoms with E-state index in [2.05, 4.69) is 10.1 Å². The number of hydrogen-bond donors (Lipinski definition) is 1. The van der Waals surface area contributed by atoms with Gasteiger partial charge < -0.3 is 10.2 Å². The molecule has 2 aromatic heterocycles. The lowest BCUT2D eigenvalue weighted by Gasteiger charge is -1.96. The Balaban J connectivity index is 1.76. The average molecular weight is 313 g/mol. The van der Waals surface area contributed by atoms with Crippen molar-refractivity contribution in [2.45, 2.75) is 6.54 Å². The second kappa shape index (κ2) is 5.72. The molecule has 1 amide bonds. The van der Waals surface area contributed by atoms with E-state index in [0.717, 1.165) is 0 Å². The molecule has 9 heteroatoms. The number of oxazole rings is 1. The van der Waals surface area contributed by atoms with Gasteiger partial charge in [0, 0.05) is 23.9 Å². The van der Waals surface area contributed by atoms with Crippen molar-refractivity contribution in [3.05, 3.63) is 64.3 Å². The van der Waals surface area contributed by atoms with Gasteiger partial charge in [0.2, 0.25) is 5.89 Å². The highest BCUT2D eigenvalue weighted by molar-refractivity contribution is 5.92. The molecular formula is C14H11N5O4. The summed E-state index contributed by atoms with van der Waals surface area (Å²) in [7, 11) is 0. The highest BCUT2D eigenvalue weighted by Gasteiger charge is 2.11. The molecule has 0 saturated carbocycles. The molecule has 0 unspecified atom stereocenters. The Morgan fingerprint density at radius 3 is 2.70 bits per heavy atom. The Bertz CT molecular complexity index is 865. The third-order valence-electron chi connectivity index (χ3n) is 3.12. The van der Waals surface area contributed by atoms with Gasteiger partial charge in [0.15, 0.2) is 0 Å². The molecule has 0 fully saturated rings. The summed E-state index contributed by atoms with van der Waals surface area (Å²) >= 11 is 0. The molecule has 0 aliphatic rings. The molecule has 9 nitrogen and oxygen atoms in total. The quantitative estimate of drug-likeness (QED) is 0.562. The van der Waals surface area contributed by atoms with Crippen LogP contribution in [0, 0.1) is 10.1 Å². The van der Waals surface area contributed by atoms with Crippen LogP contribution in [0.15, 0.2) is 47.3 Å². The molecule has 2 heterocycles. The van der Waals surface area contributed by atoms with E-state index < -0.39 is 10.8 Å². The number of benzene rings is 1. The first-order chi connectivity index (χ1) is 11.0. The third kappa shape index (κ3) is 3.07. The highest BCUT2D eigenvalue weighted by Crippen LogP contribution is 2.22. The van der Waals surface area contributed by atoms with E-state index >= 15 is 0 Å². The van der Waals surface area contributed by atoms with Crippen molar-refractivity contribution in [2.24, 2.45) is 5.73 Å². The average Bonchev–Trinajstić information content (AvgIpc) is 3.17. The number of rotatable bonds is 5. The number of carbonyl (C=O) groups excluding carboxylic acids is 1. The fourth-order valence-electron chi connectivity index (χ4n) is 1.98. The van der Waals surface area contributed by atoms with Crippen LogP contribution in [0.5, 0.6) is 0 Å². The van der Waals surface area contributed by atoms with E-state index in [-0.39, 0.29) is 5.69 Å². The smallest absolute Gasteiger partial charge is 0.269 e. The minimum Gasteiger partial charge on any atom is -0.444 e. The molecule has 0 spiro atoms. The maximum Gasteiger partial charge on any atom is 0.269 e. The lowest BCUT2D eigenvalue weighted by Crippen LogP contribution is -2.09. The van der Waals surface area contributed by atoms with Crippen molar-refractivity contribution in [3.8, 4) is 11.5 Å². The SMILES string of the molecule is NC(=O)c1cnn(Cc2coc(-c3ccc([N+](=O)[O-])cc3)n2)c1. The number of nitro groups is 1. The summed E-state index contributed by atoms with van der Waals surface area (Å²) in [5.41, 5.74) is 6.69. The minimum atomic E-state index is -0.553. The predicted octanol–water partition coefficient (Wildman–Crippen LogP) is 1.59. The van der Waals surface area contributed by atoms with Gasteiger partial charge >= 0.3 is 0 Å². The normalized spacial score (nSPS) is 10.6. The molecule has 3 rings (SSSR count). The fraction of sp³-hybridized carbons (Fsp3) is 0.0714. The van der Waals surface area contributed by atoms with E-state index in [1.807, 2.05) is 0 Å². The zero-order chi connectivity index (χ0) is 16.4. The van der Waals surface area contributed by atoms with Crippen LogP contribution in [0.3, 0.4) is 0 Å². The molecule has 0 saturated heterocycles. The van der Waals surface area contributed by atoms with Crippen LogP contribution in [0.2, 0.25) is 0 Å². The van der Waals surface area contributed by atoms with Crippen LogP contribution in [-0.2, 0) is 6.54 Å². The van der Waals surface area contributed by atoms with Gasteiger partial charge in [-0.05, 0) is 12.1 Å². The van der Waals surface area contributed by atoms with E-state index in [4.69, 9.17) is 10.2 Å². The van der Waals surface area contributed by atoms with Gasteiger partial charge in [0.1, 0.15) is 12.0 Å². The van der Waals surface area contributed by atoms with Gasteiger partial charge in [-0.25, -0.2) is 4.98 Å². The van der Waals surface area contributed by atoms with E-state index in [1.54, 1.807) is 12.1 Å². The van der Waals surface area contributed by atoms with Crippen molar-refractivity contribution in [2.75, 3.05) is 0 Å². The maximum absolute atomic E-state index is 11.0. The summed E-state index contributed by atoms with van der Waals surface area (Å²) in [5, 5.41) is 14.6. The molecule has 3 aromatic rings. The summed E-state index contributed by atoms with van der Waals surface area (Å²) in [5.74, 6) is -0.208. The number of nitrogens with zero attached hydrogens (tertiary/aromatic N) is 4. The number of aromatic nitrogens is 3. The first kappa shape index (κ1) is 14.4. The Labute approximate surface area is 129 Å². The van der Waals surface area contributed by atoms with Crippen LogP contribution < -0.4 is 5.73 Å². The van der Waals surface area contributed by atoms with E-state index in [0.29, 0.717) is 29.3 Å². The summed E-state index contributed by atoms with van der Waals surface area (Å²) in [6.07, 6.45) is 4.35. The third-order valence-corrected chi connectivity index (χ3v) is 3.12. The monoisotopic (exact) mass is 313 g/mol. The van der Waals surface area contributed by atoms with Gasteiger partial charge in [0.05, 0.1) is 23.2 Å². The number of nitrogens with two attached hydrogens (primary N) is 1.